The van der Waals surface area contributed by atoms with E-state index in [4.69, 9.17) is 15.3 Å². The normalized spacial score (nSPS) is 10.2. The van der Waals surface area contributed by atoms with Crippen LogP contribution in [0.5, 0.6) is 0 Å². The minimum absolute atomic E-state index is 0.162. The summed E-state index contributed by atoms with van der Waals surface area (Å²) >= 11 is 0. The summed E-state index contributed by atoms with van der Waals surface area (Å²) in [4.78, 5) is 3.88. The van der Waals surface area contributed by atoms with Gasteiger partial charge in [-0.15, -0.1) is 0 Å². The summed E-state index contributed by atoms with van der Waals surface area (Å²) in [6.45, 7) is 2.63. The van der Waals surface area contributed by atoms with Crippen molar-refractivity contribution in [3.05, 3.63) is 5.69 Å². The Kier molecular flexibility index (Phi) is 2.93. The van der Waals surface area contributed by atoms with Crippen molar-refractivity contribution in [2.45, 2.75) is 13.3 Å². The molecule has 0 amide bonds. The smallest absolute Gasteiger partial charge is 0.293 e. The first-order valence-electron chi connectivity index (χ1n) is 3.81. The second kappa shape index (κ2) is 3.96. The summed E-state index contributed by atoms with van der Waals surface area (Å²) in [6, 6.07) is 0.166. The number of nitrogen functional groups attached to an aromatic ring is 1. The lowest BCUT2D eigenvalue weighted by atomic mass is 10.4. The van der Waals surface area contributed by atoms with Gasteiger partial charge in [0.25, 0.3) is 6.01 Å². The van der Waals surface area contributed by atoms with E-state index in [2.05, 4.69) is 10.3 Å². The molecule has 0 saturated heterocycles. The monoisotopic (exact) mass is 171 g/mol. The van der Waals surface area contributed by atoms with E-state index in [0.29, 0.717) is 18.8 Å². The van der Waals surface area contributed by atoms with Crippen LogP contribution in [0.2, 0.25) is 0 Å². The first-order valence-corrected chi connectivity index (χ1v) is 3.81. The number of nitrogens with one attached hydrogen (secondary N) is 1. The predicted octanol–water partition coefficient (Wildman–Crippen LogP) is 0.360. The van der Waals surface area contributed by atoms with E-state index in [9.17, 15) is 0 Å². The molecule has 0 radical (unpaired) electrons. The molecular weight excluding hydrogens is 158 g/mol. The van der Waals surface area contributed by atoms with E-state index in [1.54, 1.807) is 6.92 Å². The maximum atomic E-state index is 8.51. The van der Waals surface area contributed by atoms with Crippen LogP contribution >= 0.6 is 0 Å². The molecule has 0 fully saturated rings. The molecule has 0 spiro atoms. The third kappa shape index (κ3) is 2.13. The van der Waals surface area contributed by atoms with Crippen LogP contribution < -0.4 is 11.1 Å². The number of hydrogen-bond donors (Lipinski definition) is 3. The molecule has 68 valence electrons. The van der Waals surface area contributed by atoms with E-state index >= 15 is 0 Å². The maximum Gasteiger partial charge on any atom is 0.293 e. The number of aliphatic hydroxyl groups excluding tert-OH is 1. The lowest BCUT2D eigenvalue weighted by Crippen LogP contribution is -2.03. The van der Waals surface area contributed by atoms with Gasteiger partial charge in [-0.05, 0) is 13.3 Å². The zero-order valence-electron chi connectivity index (χ0n) is 7.00. The molecule has 1 heterocycles. The quantitative estimate of drug-likeness (QED) is 0.569. The number of nitrogens with two attached hydrogens (primary N) is 1. The standard InChI is InChI=1S/C7H13N3O2/c1-5-6(9-3-2-4-11)12-7(8)10-5/h9,11H,2-4H2,1H3,(H2,8,10). The van der Waals surface area contributed by atoms with Gasteiger partial charge in [0.1, 0.15) is 5.69 Å². The Morgan fingerprint density at radius 1 is 1.67 bits per heavy atom. The number of hydrogen-bond acceptors (Lipinski definition) is 5. The first kappa shape index (κ1) is 8.86. The summed E-state index contributed by atoms with van der Waals surface area (Å²) in [7, 11) is 0. The second-order valence-corrected chi connectivity index (χ2v) is 2.47. The van der Waals surface area contributed by atoms with Gasteiger partial charge in [-0.2, -0.15) is 4.98 Å². The third-order valence-corrected chi connectivity index (χ3v) is 1.43. The highest BCUT2D eigenvalue weighted by Gasteiger charge is 2.04. The molecule has 1 aromatic rings. The predicted molar refractivity (Wildman–Crippen MR) is 45.8 cm³/mol. The van der Waals surface area contributed by atoms with Crippen molar-refractivity contribution in [1.82, 2.24) is 4.98 Å². The van der Waals surface area contributed by atoms with Crippen molar-refractivity contribution in [3.63, 3.8) is 0 Å². The minimum Gasteiger partial charge on any atom is -0.407 e. The second-order valence-electron chi connectivity index (χ2n) is 2.47. The maximum absolute atomic E-state index is 8.51. The van der Waals surface area contributed by atoms with Gasteiger partial charge in [0, 0.05) is 13.2 Å². The summed E-state index contributed by atoms with van der Waals surface area (Å²) in [5.41, 5.74) is 6.06. The summed E-state index contributed by atoms with van der Waals surface area (Å²) < 4.78 is 5.03. The van der Waals surface area contributed by atoms with Crippen LogP contribution in [-0.4, -0.2) is 23.2 Å². The molecule has 0 aliphatic rings. The molecule has 0 aliphatic heterocycles. The van der Waals surface area contributed by atoms with Gasteiger partial charge in [-0.25, -0.2) is 0 Å². The van der Waals surface area contributed by atoms with Crippen molar-refractivity contribution >= 4 is 11.9 Å². The Labute approximate surface area is 70.6 Å². The van der Waals surface area contributed by atoms with Gasteiger partial charge in [0.2, 0.25) is 5.88 Å². The van der Waals surface area contributed by atoms with Crippen molar-refractivity contribution in [3.8, 4) is 0 Å². The number of nitrogens with zero attached hydrogens (tertiary/aromatic N) is 1. The molecule has 0 bridgehead atoms. The summed E-state index contributed by atoms with van der Waals surface area (Å²) in [5, 5.41) is 11.5. The Morgan fingerprint density at radius 3 is 2.92 bits per heavy atom. The minimum atomic E-state index is 0.162. The highest BCUT2D eigenvalue weighted by atomic mass is 16.4. The lowest BCUT2D eigenvalue weighted by Gasteiger charge is -1.99. The average Bonchev–Trinajstić information content (AvgIpc) is 2.31. The average molecular weight is 171 g/mol. The molecule has 0 saturated carbocycles. The van der Waals surface area contributed by atoms with Crippen LogP contribution in [0.1, 0.15) is 12.1 Å². The van der Waals surface area contributed by atoms with E-state index in [0.717, 1.165) is 5.69 Å². The molecule has 1 aromatic heterocycles. The SMILES string of the molecule is Cc1nc(N)oc1NCCCO. The van der Waals surface area contributed by atoms with Gasteiger partial charge in [0.15, 0.2) is 0 Å². The van der Waals surface area contributed by atoms with Crippen LogP contribution in [0.3, 0.4) is 0 Å². The van der Waals surface area contributed by atoms with Gasteiger partial charge in [-0.3, -0.25) is 0 Å². The van der Waals surface area contributed by atoms with Gasteiger partial charge in [-0.1, -0.05) is 0 Å². The molecule has 12 heavy (non-hydrogen) atoms. The molecule has 0 aromatic carbocycles. The Morgan fingerprint density at radius 2 is 2.42 bits per heavy atom. The number of aliphatic hydroxyl groups is 1. The number of anilines is 2. The van der Waals surface area contributed by atoms with Crippen LogP contribution in [0.15, 0.2) is 4.42 Å². The van der Waals surface area contributed by atoms with Gasteiger partial charge >= 0.3 is 0 Å². The van der Waals surface area contributed by atoms with Gasteiger partial charge in [0.05, 0.1) is 0 Å². The molecule has 5 heteroatoms. The summed E-state index contributed by atoms with van der Waals surface area (Å²) in [5.74, 6) is 0.584. The topological polar surface area (TPSA) is 84.3 Å². The Balaban J connectivity index is 2.45. The van der Waals surface area contributed by atoms with Crippen molar-refractivity contribution in [2.24, 2.45) is 0 Å². The van der Waals surface area contributed by atoms with Crippen LogP contribution in [-0.2, 0) is 0 Å². The fraction of sp³-hybridized carbons (Fsp3) is 0.571. The number of oxazole rings is 1. The number of aromatic nitrogens is 1. The molecule has 5 nitrogen and oxygen atoms in total. The number of rotatable bonds is 4. The van der Waals surface area contributed by atoms with E-state index < -0.39 is 0 Å². The molecular formula is C7H13N3O2. The molecule has 0 unspecified atom stereocenters. The van der Waals surface area contributed by atoms with Crippen molar-refractivity contribution < 1.29 is 9.52 Å². The first-order chi connectivity index (χ1) is 5.74. The van der Waals surface area contributed by atoms with Crippen LogP contribution in [0.4, 0.5) is 11.9 Å². The Bertz CT molecular complexity index is 247. The fourth-order valence-corrected chi connectivity index (χ4v) is 0.862. The zero-order valence-corrected chi connectivity index (χ0v) is 7.00. The van der Waals surface area contributed by atoms with E-state index in [-0.39, 0.29) is 12.6 Å². The van der Waals surface area contributed by atoms with Crippen LogP contribution in [0.25, 0.3) is 0 Å². The number of aryl methyl sites for hydroxylation is 1. The third-order valence-electron chi connectivity index (χ3n) is 1.43. The highest BCUT2D eigenvalue weighted by molar-refractivity contribution is 5.39. The molecule has 1 rings (SSSR count). The fourth-order valence-electron chi connectivity index (χ4n) is 0.862. The Hall–Kier alpha value is -1.23. The van der Waals surface area contributed by atoms with Crippen LogP contribution in [0, 0.1) is 6.92 Å². The zero-order chi connectivity index (χ0) is 8.97. The molecule has 4 N–H and O–H groups in total. The van der Waals surface area contributed by atoms with Gasteiger partial charge < -0.3 is 20.6 Å². The lowest BCUT2D eigenvalue weighted by molar-refractivity contribution is 0.292. The van der Waals surface area contributed by atoms with Crippen molar-refractivity contribution in [1.29, 1.82) is 0 Å². The largest absolute Gasteiger partial charge is 0.407 e. The molecule has 0 atom stereocenters. The highest BCUT2D eigenvalue weighted by Crippen LogP contribution is 2.16. The van der Waals surface area contributed by atoms with E-state index in [1.807, 2.05) is 0 Å². The molecule has 0 aliphatic carbocycles. The van der Waals surface area contributed by atoms with E-state index in [1.165, 1.54) is 0 Å². The van der Waals surface area contributed by atoms with Crippen molar-refractivity contribution in [2.75, 3.05) is 24.2 Å². The summed E-state index contributed by atoms with van der Waals surface area (Å²) in [6.07, 6.45) is 0.681.